The molecule has 0 radical (unpaired) electrons. The Balaban J connectivity index is 1.98. The number of rotatable bonds is 5. The summed E-state index contributed by atoms with van der Waals surface area (Å²) < 4.78 is 5.37. The number of anilines is 1. The lowest BCUT2D eigenvalue weighted by Gasteiger charge is -2.33. The molecule has 0 aromatic carbocycles. The molecule has 0 atom stereocenters. The highest BCUT2D eigenvalue weighted by Crippen LogP contribution is 2.28. The molecule has 1 aliphatic rings. The van der Waals surface area contributed by atoms with Crippen LogP contribution < -0.4 is 10.6 Å². The van der Waals surface area contributed by atoms with Crippen LogP contribution in [-0.2, 0) is 4.74 Å². The summed E-state index contributed by atoms with van der Waals surface area (Å²) in [6, 6.07) is 3.58. The van der Waals surface area contributed by atoms with Gasteiger partial charge in [-0.25, -0.2) is 4.98 Å². The van der Waals surface area contributed by atoms with Crippen LogP contribution in [0, 0.1) is 5.41 Å². The summed E-state index contributed by atoms with van der Waals surface area (Å²) in [5, 5.41) is 6.15. The Labute approximate surface area is 120 Å². The molecule has 5 heteroatoms. The molecule has 0 saturated carbocycles. The molecule has 2 N–H and O–H groups in total. The molecule has 1 fully saturated rings. The van der Waals surface area contributed by atoms with E-state index in [9.17, 15) is 4.79 Å². The minimum absolute atomic E-state index is 0.0678. The zero-order valence-corrected chi connectivity index (χ0v) is 12.2. The van der Waals surface area contributed by atoms with Crippen LogP contribution in [0.2, 0.25) is 0 Å². The first kappa shape index (κ1) is 14.8. The van der Waals surface area contributed by atoms with Crippen LogP contribution in [0.4, 0.5) is 5.82 Å². The maximum atomic E-state index is 12.3. The maximum absolute atomic E-state index is 12.3. The van der Waals surface area contributed by atoms with Crippen LogP contribution in [-0.4, -0.2) is 37.2 Å². The van der Waals surface area contributed by atoms with Gasteiger partial charge >= 0.3 is 0 Å². The van der Waals surface area contributed by atoms with E-state index in [1.165, 1.54) is 0 Å². The van der Waals surface area contributed by atoms with Crippen LogP contribution in [0.1, 0.15) is 37.0 Å². The number of hydrogen-bond acceptors (Lipinski definition) is 4. The SMILES string of the molecule is CCNc1ncccc1C(=O)NCC1(C)CCOCC1. The van der Waals surface area contributed by atoms with E-state index in [1.54, 1.807) is 18.3 Å². The Kier molecular flexibility index (Phi) is 4.95. The number of hydrogen-bond donors (Lipinski definition) is 2. The second-order valence-electron chi connectivity index (χ2n) is 5.54. The van der Waals surface area contributed by atoms with Gasteiger partial charge in [-0.15, -0.1) is 0 Å². The Morgan fingerprint density at radius 1 is 1.45 bits per heavy atom. The lowest BCUT2D eigenvalue weighted by Crippen LogP contribution is -2.39. The Hall–Kier alpha value is -1.62. The molecule has 1 aromatic rings. The second kappa shape index (κ2) is 6.70. The summed E-state index contributed by atoms with van der Waals surface area (Å²) in [4.78, 5) is 16.5. The van der Waals surface area contributed by atoms with Gasteiger partial charge in [0.05, 0.1) is 5.56 Å². The van der Waals surface area contributed by atoms with E-state index in [2.05, 4.69) is 22.5 Å². The van der Waals surface area contributed by atoms with E-state index in [1.807, 2.05) is 6.92 Å². The maximum Gasteiger partial charge on any atom is 0.255 e. The summed E-state index contributed by atoms with van der Waals surface area (Å²) in [6.07, 6.45) is 3.66. The second-order valence-corrected chi connectivity index (χ2v) is 5.54. The fourth-order valence-electron chi connectivity index (χ4n) is 2.33. The molecule has 2 rings (SSSR count). The number of nitrogens with one attached hydrogen (secondary N) is 2. The van der Waals surface area contributed by atoms with Crippen LogP contribution in [0.3, 0.4) is 0 Å². The first-order chi connectivity index (χ1) is 9.64. The molecule has 1 saturated heterocycles. The molecule has 2 heterocycles. The van der Waals surface area contributed by atoms with Gasteiger partial charge < -0.3 is 15.4 Å². The minimum atomic E-state index is -0.0678. The average Bonchev–Trinajstić information content (AvgIpc) is 2.47. The Morgan fingerprint density at radius 3 is 2.90 bits per heavy atom. The van der Waals surface area contributed by atoms with Crippen LogP contribution in [0.25, 0.3) is 0 Å². The third-order valence-corrected chi connectivity index (χ3v) is 3.77. The van der Waals surface area contributed by atoms with E-state index in [0.29, 0.717) is 17.9 Å². The Bertz CT molecular complexity index is 456. The van der Waals surface area contributed by atoms with E-state index in [-0.39, 0.29) is 11.3 Å². The van der Waals surface area contributed by atoms with Gasteiger partial charge in [0.25, 0.3) is 5.91 Å². The van der Waals surface area contributed by atoms with Crippen LogP contribution in [0.5, 0.6) is 0 Å². The van der Waals surface area contributed by atoms with E-state index in [4.69, 9.17) is 4.74 Å². The molecule has 5 nitrogen and oxygen atoms in total. The molecular formula is C15H23N3O2. The van der Waals surface area contributed by atoms with Crippen molar-refractivity contribution in [1.29, 1.82) is 0 Å². The number of nitrogens with zero attached hydrogens (tertiary/aromatic N) is 1. The third-order valence-electron chi connectivity index (χ3n) is 3.77. The number of carbonyl (C=O) groups excluding carboxylic acids is 1. The van der Waals surface area contributed by atoms with Crippen molar-refractivity contribution < 1.29 is 9.53 Å². The summed E-state index contributed by atoms with van der Waals surface area (Å²) in [5.41, 5.74) is 0.735. The highest BCUT2D eigenvalue weighted by molar-refractivity contribution is 5.98. The molecule has 1 aliphatic heterocycles. The third kappa shape index (κ3) is 3.70. The Morgan fingerprint density at radius 2 is 2.20 bits per heavy atom. The smallest absolute Gasteiger partial charge is 0.255 e. The normalized spacial score (nSPS) is 17.5. The van der Waals surface area contributed by atoms with Gasteiger partial charge in [-0.3, -0.25) is 4.79 Å². The molecule has 0 aliphatic carbocycles. The highest BCUT2D eigenvalue weighted by Gasteiger charge is 2.28. The van der Waals surface area contributed by atoms with Crippen molar-refractivity contribution in [2.45, 2.75) is 26.7 Å². The van der Waals surface area contributed by atoms with Crippen molar-refractivity contribution in [3.05, 3.63) is 23.9 Å². The van der Waals surface area contributed by atoms with Gasteiger partial charge in [-0.2, -0.15) is 0 Å². The van der Waals surface area contributed by atoms with Gasteiger partial charge in [0.1, 0.15) is 5.82 Å². The molecule has 0 unspecified atom stereocenters. The van der Waals surface area contributed by atoms with Gasteiger partial charge in [0.2, 0.25) is 0 Å². The van der Waals surface area contributed by atoms with Crippen LogP contribution >= 0.6 is 0 Å². The first-order valence-corrected chi connectivity index (χ1v) is 7.19. The molecule has 110 valence electrons. The zero-order chi connectivity index (χ0) is 14.4. The number of pyridine rings is 1. The summed E-state index contributed by atoms with van der Waals surface area (Å²) in [7, 11) is 0. The predicted octanol–water partition coefficient (Wildman–Crippen LogP) is 2.06. The number of amides is 1. The highest BCUT2D eigenvalue weighted by atomic mass is 16.5. The monoisotopic (exact) mass is 277 g/mol. The summed E-state index contributed by atoms with van der Waals surface area (Å²) in [5.74, 6) is 0.575. The molecule has 1 amide bonds. The number of carbonyl (C=O) groups is 1. The average molecular weight is 277 g/mol. The van der Waals surface area contributed by atoms with Crippen molar-refractivity contribution in [2.24, 2.45) is 5.41 Å². The number of aromatic nitrogens is 1. The lowest BCUT2D eigenvalue weighted by atomic mass is 9.82. The van der Waals surface area contributed by atoms with Gasteiger partial charge in [-0.05, 0) is 37.3 Å². The predicted molar refractivity (Wildman–Crippen MR) is 78.9 cm³/mol. The zero-order valence-electron chi connectivity index (χ0n) is 12.2. The van der Waals surface area contributed by atoms with Gasteiger partial charge in [-0.1, -0.05) is 6.92 Å². The topological polar surface area (TPSA) is 63.2 Å². The van der Waals surface area contributed by atoms with E-state index < -0.39 is 0 Å². The molecule has 0 spiro atoms. The fraction of sp³-hybridized carbons (Fsp3) is 0.600. The quantitative estimate of drug-likeness (QED) is 0.864. The van der Waals surface area contributed by atoms with E-state index >= 15 is 0 Å². The molecular weight excluding hydrogens is 254 g/mol. The van der Waals surface area contributed by atoms with Crippen molar-refractivity contribution >= 4 is 11.7 Å². The molecule has 1 aromatic heterocycles. The fourth-order valence-corrected chi connectivity index (χ4v) is 2.33. The summed E-state index contributed by atoms with van der Waals surface area (Å²) >= 11 is 0. The van der Waals surface area contributed by atoms with E-state index in [0.717, 1.165) is 32.6 Å². The standard InChI is InChI=1S/C15H23N3O2/c1-3-16-13-12(5-4-8-17-13)14(19)18-11-15(2)6-9-20-10-7-15/h4-5,8H,3,6-7,9-11H2,1-2H3,(H,16,17)(H,18,19). The van der Waals surface area contributed by atoms with Gasteiger partial charge in [0.15, 0.2) is 0 Å². The lowest BCUT2D eigenvalue weighted by molar-refractivity contribution is 0.0238. The number of ether oxygens (including phenoxy) is 1. The van der Waals surface area contributed by atoms with Crippen molar-refractivity contribution in [3.8, 4) is 0 Å². The van der Waals surface area contributed by atoms with Crippen molar-refractivity contribution in [1.82, 2.24) is 10.3 Å². The minimum Gasteiger partial charge on any atom is -0.381 e. The van der Waals surface area contributed by atoms with Crippen LogP contribution in [0.15, 0.2) is 18.3 Å². The largest absolute Gasteiger partial charge is 0.381 e. The molecule has 0 bridgehead atoms. The van der Waals surface area contributed by atoms with Crippen molar-refractivity contribution in [3.63, 3.8) is 0 Å². The summed E-state index contributed by atoms with van der Waals surface area (Å²) in [6.45, 7) is 7.16. The molecule has 20 heavy (non-hydrogen) atoms. The van der Waals surface area contributed by atoms with Gasteiger partial charge in [0, 0.05) is 32.5 Å². The van der Waals surface area contributed by atoms with Crippen molar-refractivity contribution in [2.75, 3.05) is 31.6 Å². The first-order valence-electron chi connectivity index (χ1n) is 7.19.